The molecule has 5 rings (SSSR count). The molecule has 1 aliphatic heterocycles. The number of ether oxygens (including phenoxy) is 2. The van der Waals surface area contributed by atoms with Gasteiger partial charge in [-0.3, -0.25) is 4.79 Å². The van der Waals surface area contributed by atoms with E-state index in [1.54, 1.807) is 0 Å². The second-order valence-electron chi connectivity index (χ2n) is 11.1. The molecule has 1 spiro atoms. The predicted molar refractivity (Wildman–Crippen MR) is 116 cm³/mol. The summed E-state index contributed by atoms with van der Waals surface area (Å²) >= 11 is 0. The molecule has 3 saturated carbocycles. The Morgan fingerprint density at radius 3 is 2.61 bits per heavy atom. The number of nitrogens with one attached hydrogen (secondary N) is 1. The zero-order valence-corrected chi connectivity index (χ0v) is 19.1. The molecule has 172 valence electrons. The molecular formula is C25H37NO5. The minimum atomic E-state index is -0.742. The van der Waals surface area contributed by atoms with Gasteiger partial charge in [0.15, 0.2) is 5.79 Å². The summed E-state index contributed by atoms with van der Waals surface area (Å²) in [6, 6.07) is 0. The van der Waals surface area contributed by atoms with Gasteiger partial charge in [-0.2, -0.15) is 0 Å². The molecule has 0 aromatic rings. The Kier molecular flexibility index (Phi) is 4.98. The average Bonchev–Trinajstić information content (AvgIpc) is 3.30. The van der Waals surface area contributed by atoms with Gasteiger partial charge in [0, 0.05) is 24.0 Å². The number of rotatable bonds is 3. The molecule has 1 heterocycles. The van der Waals surface area contributed by atoms with Crippen molar-refractivity contribution in [3.05, 3.63) is 22.9 Å². The molecule has 5 aliphatic rings. The van der Waals surface area contributed by atoms with E-state index in [1.807, 2.05) is 0 Å². The van der Waals surface area contributed by atoms with Gasteiger partial charge in [-0.1, -0.05) is 32.4 Å². The highest BCUT2D eigenvalue weighted by molar-refractivity contribution is 5.52. The van der Waals surface area contributed by atoms with Crippen molar-refractivity contribution in [3.8, 4) is 0 Å². The molecule has 31 heavy (non-hydrogen) atoms. The highest BCUT2D eigenvalue weighted by Gasteiger charge is 2.66. The van der Waals surface area contributed by atoms with Crippen LogP contribution in [0.1, 0.15) is 65.7 Å². The third-order valence-corrected chi connectivity index (χ3v) is 9.94. The van der Waals surface area contributed by atoms with Gasteiger partial charge in [-0.05, 0) is 60.8 Å². The monoisotopic (exact) mass is 431 g/mol. The Bertz CT molecular complexity index is 830. The molecule has 0 aromatic carbocycles. The zero-order valence-electron chi connectivity index (χ0n) is 19.1. The molecule has 0 radical (unpaired) electrons. The van der Waals surface area contributed by atoms with Gasteiger partial charge in [0.1, 0.15) is 0 Å². The standard InChI is InChI=1S/C25H37NO5/c1-16-12-19-18-5-4-17-13-24(30-10-11-31-24)8-7-23(17,3)25(18,29)9-6-22(19,2)21(16)20(14-27)26-15-28/h4,15-16,18-19,27,29H,5-14H2,1-3H3,(H,26,28)/t16-,18-,19-,22-,23-,25+/m0/s1. The van der Waals surface area contributed by atoms with Crippen LogP contribution in [-0.4, -0.2) is 47.8 Å². The summed E-state index contributed by atoms with van der Waals surface area (Å²) in [7, 11) is 0. The lowest BCUT2D eigenvalue weighted by atomic mass is 9.45. The smallest absolute Gasteiger partial charge is 0.211 e. The van der Waals surface area contributed by atoms with E-state index in [0.717, 1.165) is 44.9 Å². The normalized spacial score (nSPS) is 47.3. The molecule has 1 saturated heterocycles. The second-order valence-corrected chi connectivity index (χ2v) is 11.1. The summed E-state index contributed by atoms with van der Waals surface area (Å²) in [5.41, 5.74) is 2.04. The molecule has 0 unspecified atom stereocenters. The largest absolute Gasteiger partial charge is 0.390 e. The summed E-state index contributed by atoms with van der Waals surface area (Å²) in [5.74, 6) is 0.304. The predicted octanol–water partition coefficient (Wildman–Crippen LogP) is 3.05. The van der Waals surface area contributed by atoms with E-state index in [9.17, 15) is 15.0 Å². The van der Waals surface area contributed by atoms with Gasteiger partial charge in [-0.25, -0.2) is 0 Å². The Morgan fingerprint density at radius 1 is 1.19 bits per heavy atom. The SMILES string of the molecule is C[C@H]1C[C@H]2[C@@H]3CC=C4CC5(CC[C@]4(C)[C@@]3(O)CC[C@]2(C)C1=C(CO)NC=O)OCCO5. The molecule has 6 heteroatoms. The molecule has 0 aromatic heterocycles. The zero-order chi connectivity index (χ0) is 22.1. The van der Waals surface area contributed by atoms with E-state index in [0.29, 0.717) is 31.2 Å². The van der Waals surface area contributed by atoms with E-state index in [2.05, 4.69) is 32.2 Å². The fourth-order valence-corrected chi connectivity index (χ4v) is 8.36. The summed E-state index contributed by atoms with van der Waals surface area (Å²) in [6.07, 6.45) is 8.98. The van der Waals surface area contributed by atoms with Crippen molar-refractivity contribution in [2.75, 3.05) is 19.8 Å². The van der Waals surface area contributed by atoms with E-state index in [-0.39, 0.29) is 29.3 Å². The summed E-state index contributed by atoms with van der Waals surface area (Å²) in [5, 5.41) is 25.1. The lowest BCUT2D eigenvalue weighted by Gasteiger charge is -2.63. The van der Waals surface area contributed by atoms with Crippen LogP contribution in [0.4, 0.5) is 0 Å². The summed E-state index contributed by atoms with van der Waals surface area (Å²) < 4.78 is 12.0. The van der Waals surface area contributed by atoms with Crippen molar-refractivity contribution < 1.29 is 24.5 Å². The maximum Gasteiger partial charge on any atom is 0.211 e. The number of fused-ring (bicyclic) bond motifs is 5. The molecular weight excluding hydrogens is 394 g/mol. The molecule has 6 atom stereocenters. The van der Waals surface area contributed by atoms with E-state index in [1.165, 1.54) is 11.1 Å². The minimum absolute atomic E-state index is 0.111. The number of aliphatic hydroxyl groups is 2. The van der Waals surface area contributed by atoms with Gasteiger partial charge < -0.3 is 25.0 Å². The highest BCUT2D eigenvalue weighted by Crippen LogP contribution is 2.69. The Balaban J connectivity index is 1.52. The maximum atomic E-state index is 12.4. The van der Waals surface area contributed by atoms with Crippen LogP contribution in [0, 0.1) is 28.6 Å². The lowest BCUT2D eigenvalue weighted by Crippen LogP contribution is -2.63. The number of hydrogen-bond acceptors (Lipinski definition) is 5. The number of allylic oxidation sites excluding steroid dienone is 2. The maximum absolute atomic E-state index is 12.4. The molecule has 4 aliphatic carbocycles. The van der Waals surface area contributed by atoms with Crippen molar-refractivity contribution in [2.45, 2.75) is 77.1 Å². The quantitative estimate of drug-likeness (QED) is 0.472. The first kappa shape index (κ1) is 21.6. The summed E-state index contributed by atoms with van der Waals surface area (Å²) in [4.78, 5) is 11.2. The van der Waals surface area contributed by atoms with Crippen LogP contribution in [0.25, 0.3) is 0 Å². The van der Waals surface area contributed by atoms with Gasteiger partial charge in [0.05, 0.1) is 25.4 Å². The van der Waals surface area contributed by atoms with Crippen LogP contribution in [0.5, 0.6) is 0 Å². The van der Waals surface area contributed by atoms with Gasteiger partial charge in [-0.15, -0.1) is 0 Å². The van der Waals surface area contributed by atoms with Crippen molar-refractivity contribution in [2.24, 2.45) is 28.6 Å². The fourth-order valence-electron chi connectivity index (χ4n) is 8.36. The van der Waals surface area contributed by atoms with Crippen molar-refractivity contribution in [1.29, 1.82) is 0 Å². The van der Waals surface area contributed by atoms with Crippen LogP contribution in [-0.2, 0) is 14.3 Å². The molecule has 6 nitrogen and oxygen atoms in total. The number of amides is 1. The Hall–Kier alpha value is -1.21. The van der Waals surface area contributed by atoms with Gasteiger partial charge in [0.2, 0.25) is 6.41 Å². The van der Waals surface area contributed by atoms with E-state index < -0.39 is 11.4 Å². The fraction of sp³-hybridized carbons (Fsp3) is 0.800. The van der Waals surface area contributed by atoms with Gasteiger partial charge in [0.25, 0.3) is 0 Å². The van der Waals surface area contributed by atoms with Crippen LogP contribution in [0.15, 0.2) is 22.9 Å². The lowest BCUT2D eigenvalue weighted by molar-refractivity contribution is -0.218. The van der Waals surface area contributed by atoms with Crippen LogP contribution >= 0.6 is 0 Å². The first-order chi connectivity index (χ1) is 14.7. The molecule has 1 amide bonds. The topological polar surface area (TPSA) is 88.0 Å². The van der Waals surface area contributed by atoms with Crippen LogP contribution in [0.3, 0.4) is 0 Å². The first-order valence-electron chi connectivity index (χ1n) is 12.0. The minimum Gasteiger partial charge on any atom is -0.390 e. The first-order valence-corrected chi connectivity index (χ1v) is 12.0. The van der Waals surface area contributed by atoms with Crippen molar-refractivity contribution in [1.82, 2.24) is 5.32 Å². The Morgan fingerprint density at radius 2 is 1.94 bits per heavy atom. The third-order valence-electron chi connectivity index (χ3n) is 9.94. The molecule has 4 fully saturated rings. The van der Waals surface area contributed by atoms with Crippen LogP contribution < -0.4 is 5.32 Å². The van der Waals surface area contributed by atoms with Crippen LogP contribution in [0.2, 0.25) is 0 Å². The van der Waals surface area contributed by atoms with Gasteiger partial charge >= 0.3 is 0 Å². The average molecular weight is 432 g/mol. The van der Waals surface area contributed by atoms with E-state index >= 15 is 0 Å². The number of carbonyl (C=O) groups is 1. The number of hydrogen-bond donors (Lipinski definition) is 3. The summed E-state index contributed by atoms with van der Waals surface area (Å²) in [6.45, 7) is 7.91. The highest BCUT2D eigenvalue weighted by atomic mass is 16.7. The second kappa shape index (κ2) is 7.14. The third kappa shape index (κ3) is 2.81. The molecule has 3 N–H and O–H groups in total. The number of aliphatic hydroxyl groups excluding tert-OH is 1. The molecule has 0 bridgehead atoms. The van der Waals surface area contributed by atoms with Crippen molar-refractivity contribution in [3.63, 3.8) is 0 Å². The van der Waals surface area contributed by atoms with E-state index in [4.69, 9.17) is 9.47 Å². The van der Waals surface area contributed by atoms with Crippen molar-refractivity contribution >= 4 is 6.41 Å². The number of carbonyl (C=O) groups excluding carboxylic acids is 1. The Labute approximate surface area is 185 Å².